The molecule has 3 N–H and O–H groups in total. The first kappa shape index (κ1) is 19.1. The first-order valence-electron chi connectivity index (χ1n) is 6.83. The summed E-state index contributed by atoms with van der Waals surface area (Å²) in [6.45, 7) is 0. The normalized spacial score (nSPS) is 11.9. The van der Waals surface area contributed by atoms with E-state index in [0.29, 0.717) is 0 Å². The second-order valence-corrected chi connectivity index (χ2v) is 5.84. The average molecular weight is 390 g/mol. The summed E-state index contributed by atoms with van der Waals surface area (Å²) < 4.78 is 32.4. The molecule has 0 saturated carbocycles. The number of rotatable bonds is 5. The van der Waals surface area contributed by atoms with Crippen LogP contribution in [0, 0.1) is 11.6 Å². The number of carbonyl (C=O) groups is 2. The highest BCUT2D eigenvalue weighted by Gasteiger charge is 2.25. The largest absolute Gasteiger partial charge is 0.481 e. The molecule has 5 nitrogen and oxygen atoms in total. The Bertz CT molecular complexity index is 825. The van der Waals surface area contributed by atoms with Gasteiger partial charge in [-0.1, -0.05) is 29.3 Å². The summed E-state index contributed by atoms with van der Waals surface area (Å²) in [4.78, 5) is 23.0. The number of nitrogens with two attached hydrogens (primary N) is 1. The first-order valence-corrected chi connectivity index (χ1v) is 7.58. The topological polar surface area (TPSA) is 89.6 Å². The third-order valence-electron chi connectivity index (χ3n) is 3.19. The van der Waals surface area contributed by atoms with E-state index in [0.717, 1.165) is 18.2 Å². The molecule has 2 aromatic carbocycles. The summed E-state index contributed by atoms with van der Waals surface area (Å²) in [5, 5.41) is 8.82. The molecule has 0 amide bonds. The molecule has 2 rings (SSSR count). The van der Waals surface area contributed by atoms with Crippen LogP contribution in [0.25, 0.3) is 0 Å². The molecule has 132 valence electrons. The monoisotopic (exact) mass is 389 g/mol. The number of carbonyl (C=O) groups excluding carboxylic acids is 1. The number of aliphatic carboxylic acids is 1. The Balaban J connectivity index is 2.45. The van der Waals surface area contributed by atoms with Gasteiger partial charge in [-0.05, 0) is 24.3 Å². The number of ether oxygens (including phenoxy) is 1. The quantitative estimate of drug-likeness (QED) is 0.596. The smallest absolute Gasteiger partial charge is 0.349 e. The van der Waals surface area contributed by atoms with Gasteiger partial charge in [-0.2, -0.15) is 0 Å². The maximum Gasteiger partial charge on any atom is 0.349 e. The van der Waals surface area contributed by atoms with Gasteiger partial charge in [0, 0.05) is 16.6 Å². The van der Waals surface area contributed by atoms with Crippen molar-refractivity contribution in [1.82, 2.24) is 0 Å². The molecular weight excluding hydrogens is 379 g/mol. The lowest BCUT2D eigenvalue weighted by atomic mass is 10.0. The van der Waals surface area contributed by atoms with Crippen LogP contribution < -0.4 is 10.5 Å². The molecule has 0 bridgehead atoms. The van der Waals surface area contributed by atoms with E-state index in [-0.39, 0.29) is 21.4 Å². The third kappa shape index (κ3) is 4.45. The van der Waals surface area contributed by atoms with Crippen molar-refractivity contribution in [2.24, 2.45) is 5.73 Å². The number of carboxylic acid groups (broad SMARTS) is 1. The molecular formula is C16H11Cl2F2NO4. The molecule has 25 heavy (non-hydrogen) atoms. The fourth-order valence-electron chi connectivity index (χ4n) is 2.10. The van der Waals surface area contributed by atoms with E-state index in [9.17, 15) is 18.4 Å². The van der Waals surface area contributed by atoms with Crippen molar-refractivity contribution in [2.45, 2.75) is 12.5 Å². The van der Waals surface area contributed by atoms with Gasteiger partial charge in [-0.25, -0.2) is 13.6 Å². The zero-order valence-corrected chi connectivity index (χ0v) is 13.9. The Kier molecular flexibility index (Phi) is 5.94. The minimum absolute atomic E-state index is 0.0185. The minimum atomic E-state index is -1.34. The third-order valence-corrected chi connectivity index (χ3v) is 3.69. The molecule has 0 aromatic heterocycles. The van der Waals surface area contributed by atoms with Gasteiger partial charge in [0.25, 0.3) is 0 Å². The van der Waals surface area contributed by atoms with Crippen molar-refractivity contribution in [1.29, 1.82) is 0 Å². The van der Waals surface area contributed by atoms with E-state index in [1.807, 2.05) is 0 Å². The maximum absolute atomic E-state index is 13.7. The predicted molar refractivity (Wildman–Crippen MR) is 87.0 cm³/mol. The van der Waals surface area contributed by atoms with Crippen LogP contribution in [0.2, 0.25) is 10.0 Å². The summed E-state index contributed by atoms with van der Waals surface area (Å²) in [5.41, 5.74) is 4.88. The zero-order valence-electron chi connectivity index (χ0n) is 12.4. The highest BCUT2D eigenvalue weighted by Crippen LogP contribution is 2.37. The molecule has 0 heterocycles. The molecule has 0 aliphatic carbocycles. The van der Waals surface area contributed by atoms with Crippen LogP contribution in [0.15, 0.2) is 30.3 Å². The van der Waals surface area contributed by atoms with Crippen molar-refractivity contribution in [3.05, 3.63) is 63.1 Å². The number of hydrogen-bond acceptors (Lipinski definition) is 4. The van der Waals surface area contributed by atoms with Crippen LogP contribution in [0.3, 0.4) is 0 Å². The predicted octanol–water partition coefficient (Wildman–Crippen LogP) is 3.97. The zero-order chi connectivity index (χ0) is 18.7. The lowest BCUT2D eigenvalue weighted by Crippen LogP contribution is -2.19. The van der Waals surface area contributed by atoms with E-state index in [1.165, 1.54) is 12.1 Å². The fourth-order valence-corrected chi connectivity index (χ4v) is 2.65. The van der Waals surface area contributed by atoms with E-state index >= 15 is 0 Å². The van der Waals surface area contributed by atoms with E-state index < -0.39 is 41.6 Å². The summed E-state index contributed by atoms with van der Waals surface area (Å²) in [6, 6.07) is 4.25. The van der Waals surface area contributed by atoms with Crippen LogP contribution in [0.4, 0.5) is 8.78 Å². The Morgan fingerprint density at radius 2 is 1.80 bits per heavy atom. The number of benzene rings is 2. The molecule has 0 aliphatic heterocycles. The number of esters is 1. The molecule has 0 saturated heterocycles. The standard InChI is InChI=1S/C16H11Cl2F2NO4/c17-7-4-8(12(21)6-13(22)23)15(9(18)5-7)25-16(24)14-10(19)2-1-3-11(14)20/h1-5,12H,6,21H2,(H,22,23). The van der Waals surface area contributed by atoms with Crippen LogP contribution in [0.5, 0.6) is 5.75 Å². The maximum atomic E-state index is 13.7. The second kappa shape index (κ2) is 7.77. The lowest BCUT2D eigenvalue weighted by Gasteiger charge is -2.17. The highest BCUT2D eigenvalue weighted by molar-refractivity contribution is 6.35. The molecule has 0 fully saturated rings. The van der Waals surface area contributed by atoms with Crippen molar-refractivity contribution in [3.63, 3.8) is 0 Å². The van der Waals surface area contributed by atoms with Crippen LogP contribution in [0.1, 0.15) is 28.4 Å². The number of halogens is 4. The minimum Gasteiger partial charge on any atom is -0.481 e. The molecule has 1 atom stereocenters. The molecule has 1 unspecified atom stereocenters. The van der Waals surface area contributed by atoms with Gasteiger partial charge in [0.15, 0.2) is 5.75 Å². The van der Waals surface area contributed by atoms with Gasteiger partial charge >= 0.3 is 11.9 Å². The van der Waals surface area contributed by atoms with Gasteiger partial charge in [-0.3, -0.25) is 4.79 Å². The average Bonchev–Trinajstić information content (AvgIpc) is 2.48. The van der Waals surface area contributed by atoms with Crippen LogP contribution in [-0.4, -0.2) is 17.0 Å². The summed E-state index contributed by atoms with van der Waals surface area (Å²) in [6.07, 6.45) is -0.505. The van der Waals surface area contributed by atoms with E-state index in [2.05, 4.69) is 0 Å². The van der Waals surface area contributed by atoms with Crippen molar-refractivity contribution in [3.8, 4) is 5.75 Å². The lowest BCUT2D eigenvalue weighted by molar-refractivity contribution is -0.137. The molecule has 9 heteroatoms. The summed E-state index contributed by atoms with van der Waals surface area (Å²) in [7, 11) is 0. The van der Waals surface area contributed by atoms with Crippen LogP contribution >= 0.6 is 23.2 Å². The van der Waals surface area contributed by atoms with Gasteiger partial charge < -0.3 is 15.6 Å². The van der Waals surface area contributed by atoms with Crippen molar-refractivity contribution < 1.29 is 28.2 Å². The van der Waals surface area contributed by atoms with Gasteiger partial charge in [0.2, 0.25) is 0 Å². The molecule has 0 radical (unpaired) electrons. The molecule has 2 aromatic rings. The first-order chi connectivity index (χ1) is 11.7. The van der Waals surface area contributed by atoms with Gasteiger partial charge in [-0.15, -0.1) is 0 Å². The van der Waals surface area contributed by atoms with Crippen molar-refractivity contribution >= 4 is 35.1 Å². The summed E-state index contributed by atoms with van der Waals surface area (Å²) in [5.74, 6) is -5.10. The number of hydrogen-bond donors (Lipinski definition) is 2. The Morgan fingerprint density at radius 1 is 1.20 bits per heavy atom. The van der Waals surface area contributed by atoms with E-state index in [4.69, 9.17) is 38.8 Å². The Labute approximate surface area is 150 Å². The Morgan fingerprint density at radius 3 is 2.36 bits per heavy atom. The van der Waals surface area contributed by atoms with Gasteiger partial charge in [0.05, 0.1) is 11.4 Å². The van der Waals surface area contributed by atoms with Crippen LogP contribution in [-0.2, 0) is 4.79 Å². The fraction of sp³-hybridized carbons (Fsp3) is 0.125. The molecule has 0 aliphatic rings. The van der Waals surface area contributed by atoms with Crippen molar-refractivity contribution in [2.75, 3.05) is 0 Å². The van der Waals surface area contributed by atoms with Gasteiger partial charge in [0.1, 0.15) is 17.2 Å². The Hall–Kier alpha value is -2.22. The molecule has 0 spiro atoms. The second-order valence-electron chi connectivity index (χ2n) is 5.00. The summed E-state index contributed by atoms with van der Waals surface area (Å²) >= 11 is 11.8. The SMILES string of the molecule is NC(CC(=O)O)c1cc(Cl)cc(Cl)c1OC(=O)c1c(F)cccc1F. The number of carboxylic acids is 1. The highest BCUT2D eigenvalue weighted by atomic mass is 35.5. The van der Waals surface area contributed by atoms with E-state index in [1.54, 1.807) is 0 Å².